The Kier molecular flexibility index (Phi) is 7.79. The summed E-state index contributed by atoms with van der Waals surface area (Å²) >= 11 is 0. The quantitative estimate of drug-likeness (QED) is 0.0782. The minimum atomic E-state index is -2.27. The highest BCUT2D eigenvalue weighted by Crippen LogP contribution is 2.42. The minimum absolute atomic E-state index is 0.206. The lowest BCUT2D eigenvalue weighted by Crippen LogP contribution is -2.04. The molecule has 0 radical (unpaired) electrons. The van der Waals surface area contributed by atoms with Crippen molar-refractivity contribution in [2.24, 2.45) is 0 Å². The van der Waals surface area contributed by atoms with E-state index in [9.17, 15) is 29.0 Å². The average molecular weight is 701 g/mol. The fourth-order valence-electron chi connectivity index (χ4n) is 6.45. The molecule has 0 amide bonds. The largest absolute Gasteiger partial charge is 0.247 e. The summed E-state index contributed by atoms with van der Waals surface area (Å²) in [6.07, 6.45) is 0. The highest BCUT2D eigenvalue weighted by molar-refractivity contribution is 6.22. The number of hydrogen-bond acceptors (Lipinski definition) is 6. The first-order valence-corrected chi connectivity index (χ1v) is 15.8. The van der Waals surface area contributed by atoms with Crippen molar-refractivity contribution in [2.75, 3.05) is 0 Å². The smallest absolute Gasteiger partial charge is 0.200 e. The van der Waals surface area contributed by atoms with E-state index in [1.807, 2.05) is 0 Å². The van der Waals surface area contributed by atoms with Crippen molar-refractivity contribution in [3.63, 3.8) is 0 Å². The summed E-state index contributed by atoms with van der Waals surface area (Å²) in [6.45, 7) is 0. The summed E-state index contributed by atoms with van der Waals surface area (Å²) in [4.78, 5) is 15.1. The van der Waals surface area contributed by atoms with E-state index in [-0.39, 0.29) is 22.4 Å². The third-order valence-corrected chi connectivity index (χ3v) is 8.93. The Morgan fingerprint density at radius 3 is 1.58 bits per heavy atom. The van der Waals surface area contributed by atoms with Crippen molar-refractivity contribution in [2.45, 2.75) is 0 Å². The van der Waals surface area contributed by atoms with Crippen LogP contribution in [0.15, 0.2) is 103 Å². The van der Waals surface area contributed by atoms with Crippen LogP contribution < -0.4 is 0 Å². The summed E-state index contributed by atoms with van der Waals surface area (Å²) in [5.74, 6) is -10.4. The zero-order chi connectivity index (χ0) is 37.0. The molecule has 0 aliphatic carbocycles. The maximum absolute atomic E-state index is 15.0. The van der Waals surface area contributed by atoms with Crippen LogP contribution in [0.1, 0.15) is 16.7 Å². The normalized spacial score (nSPS) is 11.1. The highest BCUT2D eigenvalue weighted by atomic mass is 19.2. The Labute approximate surface area is 296 Å². The molecule has 250 valence electrons. The standard InChI is InChI=1S/C42H17F5N6/c43-34-32(35(44)37(46)38(47)36(34)45)25-4-3-5-26(16-25)39-33-31(28-6-1-2-7-29(28)51-39)27(20-50)17-30-42(33)53-41(24-14-10-22(19-49)11-15-24)40(52-30)23-12-8-21(18-48)9-13-23/h1-17H. The Morgan fingerprint density at radius 2 is 0.981 bits per heavy atom. The molecule has 0 aliphatic rings. The van der Waals surface area contributed by atoms with E-state index in [1.165, 1.54) is 18.2 Å². The zero-order valence-electron chi connectivity index (χ0n) is 26.9. The van der Waals surface area contributed by atoms with Crippen molar-refractivity contribution in [1.82, 2.24) is 15.0 Å². The molecule has 0 saturated heterocycles. The van der Waals surface area contributed by atoms with Gasteiger partial charge >= 0.3 is 0 Å². The molecule has 2 heterocycles. The summed E-state index contributed by atoms with van der Waals surface area (Å²) in [6, 6.07) is 33.9. The molecule has 0 bridgehead atoms. The molecule has 0 N–H and O–H groups in total. The molecule has 11 heteroatoms. The van der Waals surface area contributed by atoms with Gasteiger partial charge in [0, 0.05) is 32.8 Å². The molecule has 6 aromatic carbocycles. The van der Waals surface area contributed by atoms with E-state index in [0.29, 0.717) is 66.4 Å². The third-order valence-electron chi connectivity index (χ3n) is 8.93. The van der Waals surface area contributed by atoms with Gasteiger partial charge in [-0.05, 0) is 48.0 Å². The molecule has 8 aromatic rings. The lowest BCUT2D eigenvalue weighted by molar-refractivity contribution is 0.381. The van der Waals surface area contributed by atoms with Gasteiger partial charge in [-0.3, -0.25) is 0 Å². The van der Waals surface area contributed by atoms with Gasteiger partial charge in [0.05, 0.1) is 74.1 Å². The van der Waals surface area contributed by atoms with Crippen LogP contribution in [0.4, 0.5) is 22.0 Å². The van der Waals surface area contributed by atoms with E-state index < -0.39 is 34.6 Å². The van der Waals surface area contributed by atoms with Crippen LogP contribution in [0.3, 0.4) is 0 Å². The second-order valence-corrected chi connectivity index (χ2v) is 12.0. The summed E-state index contributed by atoms with van der Waals surface area (Å²) in [5.41, 5.74) is 3.16. The zero-order valence-corrected chi connectivity index (χ0v) is 26.9. The third kappa shape index (κ3) is 5.26. The van der Waals surface area contributed by atoms with Crippen molar-refractivity contribution >= 4 is 32.7 Å². The molecular formula is C42H17F5N6. The number of hydrogen-bond donors (Lipinski definition) is 0. The molecule has 6 nitrogen and oxygen atoms in total. The van der Waals surface area contributed by atoms with Crippen LogP contribution in [-0.4, -0.2) is 15.0 Å². The van der Waals surface area contributed by atoms with Crippen molar-refractivity contribution in [3.05, 3.63) is 149 Å². The second kappa shape index (κ2) is 12.6. The molecule has 8 rings (SSSR count). The first-order chi connectivity index (χ1) is 25.7. The van der Waals surface area contributed by atoms with Gasteiger partial charge in [-0.25, -0.2) is 36.9 Å². The lowest BCUT2D eigenvalue weighted by Gasteiger charge is -2.17. The van der Waals surface area contributed by atoms with Gasteiger partial charge in [0.2, 0.25) is 5.82 Å². The second-order valence-electron chi connectivity index (χ2n) is 12.0. The maximum atomic E-state index is 15.0. The van der Waals surface area contributed by atoms with Gasteiger partial charge in [0.1, 0.15) is 0 Å². The number of benzene rings is 6. The summed E-state index contributed by atoms with van der Waals surface area (Å²) < 4.78 is 72.7. The summed E-state index contributed by atoms with van der Waals surface area (Å²) in [5, 5.41) is 30.7. The SMILES string of the molecule is N#Cc1ccc(-c2nc3cc(C#N)c4c5ccccc5nc(-c5cccc(-c6c(F)c(F)c(F)c(F)c6F)c5)c4c3nc2-c2ccc(C#N)cc2)cc1. The molecular weight excluding hydrogens is 683 g/mol. The number of nitriles is 3. The van der Waals surface area contributed by atoms with Crippen molar-refractivity contribution in [3.8, 4) is 63.1 Å². The number of aromatic nitrogens is 3. The molecule has 2 aromatic heterocycles. The number of para-hydroxylation sites is 1. The fraction of sp³-hybridized carbons (Fsp3) is 0. The van der Waals surface area contributed by atoms with Gasteiger partial charge in [-0.2, -0.15) is 15.8 Å². The van der Waals surface area contributed by atoms with Crippen molar-refractivity contribution in [1.29, 1.82) is 15.8 Å². The Balaban J connectivity index is 1.50. The monoisotopic (exact) mass is 700 g/mol. The van der Waals surface area contributed by atoms with Gasteiger partial charge in [-0.1, -0.05) is 60.7 Å². The van der Waals surface area contributed by atoms with Gasteiger partial charge in [0.25, 0.3) is 0 Å². The van der Waals surface area contributed by atoms with E-state index in [0.717, 1.165) is 0 Å². The van der Waals surface area contributed by atoms with E-state index >= 15 is 8.78 Å². The van der Waals surface area contributed by atoms with E-state index in [2.05, 4.69) is 18.2 Å². The number of pyridine rings is 1. The molecule has 53 heavy (non-hydrogen) atoms. The molecule has 0 saturated carbocycles. The van der Waals surface area contributed by atoms with E-state index in [4.69, 9.17) is 15.0 Å². The average Bonchev–Trinajstić information content (AvgIpc) is 3.21. The van der Waals surface area contributed by atoms with Crippen LogP contribution in [0.2, 0.25) is 0 Å². The molecule has 0 unspecified atom stereocenters. The number of nitrogens with zero attached hydrogens (tertiary/aromatic N) is 6. The number of rotatable bonds is 4. The highest BCUT2D eigenvalue weighted by Gasteiger charge is 2.27. The predicted octanol–water partition coefficient (Wildman–Crippen LogP) is 10.3. The Hall–Kier alpha value is -7.55. The topological polar surface area (TPSA) is 110 Å². The minimum Gasteiger partial charge on any atom is -0.247 e. The summed E-state index contributed by atoms with van der Waals surface area (Å²) in [7, 11) is 0. The van der Waals surface area contributed by atoms with Crippen molar-refractivity contribution < 1.29 is 22.0 Å². The van der Waals surface area contributed by atoms with Crippen LogP contribution in [-0.2, 0) is 0 Å². The molecule has 0 spiro atoms. The Morgan fingerprint density at radius 1 is 0.434 bits per heavy atom. The van der Waals surface area contributed by atoms with Gasteiger partial charge < -0.3 is 0 Å². The number of fused-ring (bicyclic) bond motifs is 5. The number of halogens is 5. The molecule has 0 aliphatic heterocycles. The van der Waals surface area contributed by atoms with Crippen LogP contribution >= 0.6 is 0 Å². The predicted molar refractivity (Wildman–Crippen MR) is 188 cm³/mol. The lowest BCUT2D eigenvalue weighted by atomic mass is 9.93. The fourth-order valence-corrected chi connectivity index (χ4v) is 6.45. The molecule has 0 fully saturated rings. The molecule has 0 atom stereocenters. The van der Waals surface area contributed by atoms with Gasteiger partial charge in [-0.15, -0.1) is 0 Å². The first-order valence-electron chi connectivity index (χ1n) is 15.8. The maximum Gasteiger partial charge on any atom is 0.200 e. The van der Waals surface area contributed by atoms with Gasteiger partial charge in [0.15, 0.2) is 23.3 Å². The first kappa shape index (κ1) is 32.6. The van der Waals surface area contributed by atoms with Crippen LogP contribution in [0, 0.1) is 63.1 Å². The van der Waals surface area contributed by atoms with Crippen LogP contribution in [0.5, 0.6) is 0 Å². The van der Waals surface area contributed by atoms with Crippen LogP contribution in [0.25, 0.3) is 77.6 Å². The Bertz CT molecular complexity index is 2950. The van der Waals surface area contributed by atoms with E-state index in [1.54, 1.807) is 84.9 Å².